The summed E-state index contributed by atoms with van der Waals surface area (Å²) < 4.78 is 76.7. The third-order valence-electron chi connectivity index (χ3n) is 4.21. The van der Waals surface area contributed by atoms with Gasteiger partial charge >= 0.3 is 12.4 Å². The third kappa shape index (κ3) is 4.38. The molecule has 0 N–H and O–H groups in total. The number of likely N-dealkylation sites (tertiary alicyclic amines) is 1. The molecule has 1 fully saturated rings. The van der Waals surface area contributed by atoms with Gasteiger partial charge in [0.15, 0.2) is 0 Å². The second-order valence-corrected chi connectivity index (χ2v) is 5.90. The molecule has 1 saturated heterocycles. The van der Waals surface area contributed by atoms with Gasteiger partial charge in [0.1, 0.15) is 6.54 Å². The second kappa shape index (κ2) is 6.10. The highest BCUT2D eigenvalue weighted by Crippen LogP contribution is 2.35. The van der Waals surface area contributed by atoms with Gasteiger partial charge in [0.2, 0.25) is 0 Å². The van der Waals surface area contributed by atoms with Crippen molar-refractivity contribution in [3.63, 3.8) is 0 Å². The molecule has 0 bridgehead atoms. The lowest BCUT2D eigenvalue weighted by molar-refractivity contribution is -0.930. The Morgan fingerprint density at radius 1 is 0.909 bits per heavy atom. The fourth-order valence-corrected chi connectivity index (χ4v) is 3.13. The molecule has 1 aromatic rings. The van der Waals surface area contributed by atoms with Crippen LogP contribution in [-0.2, 0) is 12.7 Å². The van der Waals surface area contributed by atoms with Gasteiger partial charge < -0.3 is 4.48 Å². The van der Waals surface area contributed by atoms with Crippen molar-refractivity contribution in [2.75, 3.05) is 19.6 Å². The molecule has 0 atom stereocenters. The first-order valence-corrected chi connectivity index (χ1v) is 7.18. The summed E-state index contributed by atoms with van der Waals surface area (Å²) in [6.45, 7) is 0.853. The lowest BCUT2D eigenvalue weighted by Gasteiger charge is -2.35. The van der Waals surface area contributed by atoms with E-state index >= 15 is 0 Å². The van der Waals surface area contributed by atoms with E-state index in [-0.39, 0.29) is 23.1 Å². The third-order valence-corrected chi connectivity index (χ3v) is 4.21. The summed E-state index contributed by atoms with van der Waals surface area (Å²) in [5, 5.41) is 0. The van der Waals surface area contributed by atoms with E-state index in [0.717, 1.165) is 18.9 Å². The molecule has 0 aliphatic carbocycles. The Balaban J connectivity index is 2.22. The SMILES string of the molecule is FC(F)(F)CC[N+]1(Cc2ccccc2C(F)(F)F)CCCC1. The quantitative estimate of drug-likeness (QED) is 0.552. The molecule has 1 nitrogen and oxygen atoms in total. The number of halogens is 6. The molecule has 124 valence electrons. The first-order valence-electron chi connectivity index (χ1n) is 7.18. The minimum absolute atomic E-state index is 0.00572. The topological polar surface area (TPSA) is 0 Å². The van der Waals surface area contributed by atoms with Crippen LogP contribution < -0.4 is 0 Å². The van der Waals surface area contributed by atoms with Crippen LogP contribution in [0.2, 0.25) is 0 Å². The maximum absolute atomic E-state index is 13.0. The van der Waals surface area contributed by atoms with E-state index in [1.807, 2.05) is 0 Å². The molecule has 1 aliphatic heterocycles. The molecule has 0 radical (unpaired) electrons. The maximum Gasteiger partial charge on any atom is 0.416 e. The zero-order chi connectivity index (χ0) is 16.4. The van der Waals surface area contributed by atoms with Gasteiger partial charge in [-0.15, -0.1) is 0 Å². The number of hydrogen-bond donors (Lipinski definition) is 0. The molecule has 2 rings (SSSR count). The molecule has 22 heavy (non-hydrogen) atoms. The molecule has 0 amide bonds. The monoisotopic (exact) mass is 326 g/mol. The van der Waals surface area contributed by atoms with Crippen LogP contribution in [0, 0.1) is 0 Å². The van der Waals surface area contributed by atoms with Crippen molar-refractivity contribution in [2.45, 2.75) is 38.2 Å². The summed E-state index contributed by atoms with van der Waals surface area (Å²) in [5.74, 6) is 0. The molecule has 1 heterocycles. The van der Waals surface area contributed by atoms with Gasteiger partial charge in [-0.05, 0) is 6.07 Å². The summed E-state index contributed by atoms with van der Waals surface area (Å²) in [4.78, 5) is 0. The van der Waals surface area contributed by atoms with Gasteiger partial charge in [-0.3, -0.25) is 0 Å². The highest BCUT2D eigenvalue weighted by Gasteiger charge is 2.40. The second-order valence-electron chi connectivity index (χ2n) is 5.90. The Morgan fingerprint density at radius 3 is 2.05 bits per heavy atom. The Kier molecular flexibility index (Phi) is 4.75. The van der Waals surface area contributed by atoms with Crippen molar-refractivity contribution in [1.82, 2.24) is 0 Å². The molecule has 0 unspecified atom stereocenters. The van der Waals surface area contributed by atoms with Gasteiger partial charge in [-0.1, -0.05) is 18.2 Å². The number of hydrogen-bond acceptors (Lipinski definition) is 0. The molecular weight excluding hydrogens is 308 g/mol. The van der Waals surface area contributed by atoms with E-state index in [2.05, 4.69) is 0 Å². The van der Waals surface area contributed by atoms with Crippen LogP contribution in [0.5, 0.6) is 0 Å². The molecule has 7 heteroatoms. The first-order chi connectivity index (χ1) is 10.1. The Labute approximate surface area is 125 Å². The lowest BCUT2D eigenvalue weighted by Crippen LogP contribution is -2.46. The van der Waals surface area contributed by atoms with Gasteiger partial charge in [0.05, 0.1) is 31.6 Å². The molecule has 0 spiro atoms. The van der Waals surface area contributed by atoms with E-state index in [0.29, 0.717) is 13.1 Å². The van der Waals surface area contributed by atoms with Gasteiger partial charge in [0, 0.05) is 18.4 Å². The number of nitrogens with zero attached hydrogens (tertiary/aromatic N) is 1. The van der Waals surface area contributed by atoms with Gasteiger partial charge in [0.25, 0.3) is 0 Å². The van der Waals surface area contributed by atoms with Crippen LogP contribution in [0.1, 0.15) is 30.4 Å². The number of alkyl halides is 6. The standard InChI is InChI=1S/C15H18F6N/c16-14(17,18)7-10-22(8-3-4-9-22)11-12-5-1-2-6-13(12)15(19,20)21/h1-2,5-6H,3-4,7-11H2/q+1. The van der Waals surface area contributed by atoms with Crippen molar-refractivity contribution < 1.29 is 30.8 Å². The predicted molar refractivity (Wildman–Crippen MR) is 69.9 cm³/mol. The van der Waals surface area contributed by atoms with E-state index in [4.69, 9.17) is 0 Å². The number of quaternary nitrogens is 1. The molecule has 1 aromatic carbocycles. The van der Waals surface area contributed by atoms with Crippen LogP contribution in [0.15, 0.2) is 24.3 Å². The van der Waals surface area contributed by atoms with Crippen LogP contribution in [-0.4, -0.2) is 30.3 Å². The zero-order valence-electron chi connectivity index (χ0n) is 12.0. The fraction of sp³-hybridized carbons (Fsp3) is 0.600. The van der Waals surface area contributed by atoms with Gasteiger partial charge in [-0.2, -0.15) is 26.3 Å². The number of benzene rings is 1. The van der Waals surface area contributed by atoms with Crippen molar-refractivity contribution in [3.05, 3.63) is 35.4 Å². The fourth-order valence-electron chi connectivity index (χ4n) is 3.13. The summed E-state index contributed by atoms with van der Waals surface area (Å²) in [7, 11) is 0. The van der Waals surface area contributed by atoms with Crippen molar-refractivity contribution in [3.8, 4) is 0 Å². The van der Waals surface area contributed by atoms with Gasteiger partial charge in [-0.25, -0.2) is 0 Å². The minimum atomic E-state index is -4.48. The first kappa shape index (κ1) is 17.1. The average molecular weight is 326 g/mol. The zero-order valence-corrected chi connectivity index (χ0v) is 12.0. The Hall–Kier alpha value is -1.24. The normalized spacial score (nSPS) is 18.6. The highest BCUT2D eigenvalue weighted by molar-refractivity contribution is 5.29. The molecular formula is C15H18F6N+. The van der Waals surface area contributed by atoms with Crippen LogP contribution in [0.4, 0.5) is 26.3 Å². The van der Waals surface area contributed by atoms with Crippen LogP contribution >= 0.6 is 0 Å². The smallest absolute Gasteiger partial charge is 0.320 e. The van der Waals surface area contributed by atoms with Crippen molar-refractivity contribution in [1.29, 1.82) is 0 Å². The van der Waals surface area contributed by atoms with Crippen LogP contribution in [0.3, 0.4) is 0 Å². The maximum atomic E-state index is 13.0. The van der Waals surface area contributed by atoms with E-state index < -0.39 is 24.3 Å². The summed E-state index contributed by atoms with van der Waals surface area (Å²) in [6.07, 6.45) is -8.21. The molecule has 0 aromatic heterocycles. The molecule has 1 aliphatic rings. The lowest BCUT2D eigenvalue weighted by atomic mass is 10.1. The van der Waals surface area contributed by atoms with E-state index in [9.17, 15) is 26.3 Å². The predicted octanol–water partition coefficient (Wildman–Crippen LogP) is 4.77. The van der Waals surface area contributed by atoms with Crippen LogP contribution in [0.25, 0.3) is 0 Å². The van der Waals surface area contributed by atoms with E-state index in [1.54, 1.807) is 0 Å². The summed E-state index contributed by atoms with van der Waals surface area (Å²) in [6, 6.07) is 5.16. The molecule has 0 saturated carbocycles. The highest BCUT2D eigenvalue weighted by atomic mass is 19.4. The average Bonchev–Trinajstić information content (AvgIpc) is 2.84. The van der Waals surface area contributed by atoms with Crippen molar-refractivity contribution in [2.24, 2.45) is 0 Å². The summed E-state index contributed by atoms with van der Waals surface area (Å²) >= 11 is 0. The number of rotatable bonds is 4. The van der Waals surface area contributed by atoms with Crippen molar-refractivity contribution >= 4 is 0 Å². The Morgan fingerprint density at radius 2 is 1.50 bits per heavy atom. The van der Waals surface area contributed by atoms with E-state index in [1.165, 1.54) is 18.2 Å². The Bertz CT molecular complexity index is 499. The minimum Gasteiger partial charge on any atom is -0.320 e. The largest absolute Gasteiger partial charge is 0.416 e. The summed E-state index contributed by atoms with van der Waals surface area (Å²) in [5.41, 5.74) is -0.662.